The van der Waals surface area contributed by atoms with Gasteiger partial charge in [-0.05, 0) is 42.7 Å². The quantitative estimate of drug-likeness (QED) is 0.287. The second-order valence-corrected chi connectivity index (χ2v) is 8.90. The standard InChI is InChI=1S/C23H23N3O5S/c27-23(24-17-7-10-19-8-3-1-4-9-19)18-25(20-13-15-21(16-14-20)26(28)29)32(30,31)22-11-5-2-6-12-22/h1-6,8-9,11-16H,7,10,17-18H2,(H,24,27). The van der Waals surface area contributed by atoms with E-state index in [4.69, 9.17) is 0 Å². The summed E-state index contributed by atoms with van der Waals surface area (Å²) in [6.07, 6.45) is 1.49. The van der Waals surface area contributed by atoms with Gasteiger partial charge in [0.15, 0.2) is 0 Å². The summed E-state index contributed by atoms with van der Waals surface area (Å²) < 4.78 is 27.4. The van der Waals surface area contributed by atoms with Crippen molar-refractivity contribution in [2.75, 3.05) is 17.4 Å². The molecule has 3 rings (SSSR count). The number of sulfonamides is 1. The number of amides is 1. The van der Waals surface area contributed by atoms with Crippen LogP contribution in [0.3, 0.4) is 0 Å². The third-order valence-corrected chi connectivity index (χ3v) is 6.56. The third-order valence-electron chi connectivity index (χ3n) is 4.77. The summed E-state index contributed by atoms with van der Waals surface area (Å²) in [5, 5.41) is 13.7. The van der Waals surface area contributed by atoms with Crippen molar-refractivity contribution in [1.29, 1.82) is 0 Å². The molecule has 32 heavy (non-hydrogen) atoms. The molecule has 0 radical (unpaired) electrons. The maximum atomic E-state index is 13.2. The number of carbonyl (C=O) groups is 1. The number of hydrogen-bond acceptors (Lipinski definition) is 5. The number of hydrogen-bond donors (Lipinski definition) is 1. The molecule has 0 saturated heterocycles. The van der Waals surface area contributed by atoms with E-state index in [1.807, 2.05) is 30.3 Å². The topological polar surface area (TPSA) is 110 Å². The van der Waals surface area contributed by atoms with E-state index in [1.54, 1.807) is 18.2 Å². The van der Waals surface area contributed by atoms with Crippen molar-refractivity contribution in [3.8, 4) is 0 Å². The van der Waals surface area contributed by atoms with Crippen LogP contribution in [0, 0.1) is 10.1 Å². The summed E-state index contributed by atoms with van der Waals surface area (Å²) in [5.74, 6) is -0.462. The highest BCUT2D eigenvalue weighted by Crippen LogP contribution is 2.25. The molecule has 0 saturated carbocycles. The van der Waals surface area contributed by atoms with Gasteiger partial charge in [0.2, 0.25) is 5.91 Å². The van der Waals surface area contributed by atoms with E-state index in [0.29, 0.717) is 13.0 Å². The van der Waals surface area contributed by atoms with Crippen LogP contribution >= 0.6 is 0 Å². The lowest BCUT2D eigenvalue weighted by atomic mass is 10.1. The van der Waals surface area contributed by atoms with E-state index in [2.05, 4.69) is 5.32 Å². The first kappa shape index (κ1) is 23.0. The van der Waals surface area contributed by atoms with E-state index in [9.17, 15) is 23.3 Å². The second-order valence-electron chi connectivity index (χ2n) is 7.04. The number of nitro groups is 1. The SMILES string of the molecule is O=C(CN(c1ccc([N+](=O)[O-])cc1)S(=O)(=O)c1ccccc1)NCCCc1ccccc1. The van der Waals surface area contributed by atoms with Crippen LogP contribution in [0.5, 0.6) is 0 Å². The summed E-state index contributed by atoms with van der Waals surface area (Å²) in [5.41, 5.74) is 1.15. The molecule has 166 valence electrons. The Morgan fingerprint density at radius 3 is 2.09 bits per heavy atom. The molecule has 0 fully saturated rings. The molecular weight excluding hydrogens is 430 g/mol. The van der Waals surface area contributed by atoms with Gasteiger partial charge >= 0.3 is 0 Å². The zero-order valence-corrected chi connectivity index (χ0v) is 18.1. The Balaban J connectivity index is 1.73. The van der Waals surface area contributed by atoms with Crippen molar-refractivity contribution >= 4 is 27.3 Å². The fourth-order valence-corrected chi connectivity index (χ4v) is 4.57. The minimum Gasteiger partial charge on any atom is -0.355 e. The molecule has 1 N–H and O–H groups in total. The van der Waals surface area contributed by atoms with E-state index < -0.39 is 27.4 Å². The molecule has 9 heteroatoms. The molecule has 0 bridgehead atoms. The first-order valence-electron chi connectivity index (χ1n) is 10.0. The monoisotopic (exact) mass is 453 g/mol. The number of nitrogens with zero attached hydrogens (tertiary/aromatic N) is 2. The average molecular weight is 454 g/mol. The van der Waals surface area contributed by atoms with Crippen LogP contribution in [0.4, 0.5) is 11.4 Å². The van der Waals surface area contributed by atoms with Gasteiger partial charge in [-0.1, -0.05) is 48.5 Å². The summed E-state index contributed by atoms with van der Waals surface area (Å²) in [4.78, 5) is 23.0. The lowest BCUT2D eigenvalue weighted by Gasteiger charge is -2.24. The number of non-ortho nitro benzene ring substituents is 1. The maximum Gasteiger partial charge on any atom is 0.269 e. The maximum absolute atomic E-state index is 13.2. The third kappa shape index (κ3) is 5.92. The zero-order valence-electron chi connectivity index (χ0n) is 17.3. The van der Waals surface area contributed by atoms with E-state index >= 15 is 0 Å². The van der Waals surface area contributed by atoms with Crippen molar-refractivity contribution in [2.24, 2.45) is 0 Å². The van der Waals surface area contributed by atoms with Crippen LogP contribution in [0.1, 0.15) is 12.0 Å². The Labute approximate surface area is 186 Å². The second kappa shape index (κ2) is 10.5. The van der Waals surface area contributed by atoms with Crippen LogP contribution in [-0.2, 0) is 21.2 Å². The number of benzene rings is 3. The van der Waals surface area contributed by atoms with Crippen LogP contribution in [-0.4, -0.2) is 32.3 Å². The lowest BCUT2D eigenvalue weighted by molar-refractivity contribution is -0.384. The van der Waals surface area contributed by atoms with Crippen molar-refractivity contribution in [1.82, 2.24) is 5.32 Å². The van der Waals surface area contributed by atoms with Gasteiger partial charge in [0, 0.05) is 18.7 Å². The molecule has 0 spiro atoms. The van der Waals surface area contributed by atoms with Gasteiger partial charge in [-0.15, -0.1) is 0 Å². The van der Waals surface area contributed by atoms with E-state index in [0.717, 1.165) is 16.3 Å². The lowest BCUT2D eigenvalue weighted by Crippen LogP contribution is -2.41. The summed E-state index contributed by atoms with van der Waals surface area (Å²) in [6, 6.07) is 22.6. The first-order chi connectivity index (χ1) is 15.4. The van der Waals surface area contributed by atoms with Gasteiger partial charge in [0.25, 0.3) is 15.7 Å². The Morgan fingerprint density at radius 1 is 0.906 bits per heavy atom. The van der Waals surface area contributed by atoms with Crippen molar-refractivity contribution < 1.29 is 18.1 Å². The molecule has 0 aliphatic heterocycles. The van der Waals surface area contributed by atoms with Crippen LogP contribution < -0.4 is 9.62 Å². The minimum absolute atomic E-state index is 0.0234. The number of nitro benzene ring substituents is 1. The van der Waals surface area contributed by atoms with Crippen LogP contribution in [0.25, 0.3) is 0 Å². The van der Waals surface area contributed by atoms with Gasteiger partial charge < -0.3 is 5.32 Å². The average Bonchev–Trinajstić information content (AvgIpc) is 2.81. The fraction of sp³-hybridized carbons (Fsp3) is 0.174. The molecule has 8 nitrogen and oxygen atoms in total. The molecule has 0 aromatic heterocycles. The largest absolute Gasteiger partial charge is 0.355 e. The Morgan fingerprint density at radius 2 is 1.50 bits per heavy atom. The van der Waals surface area contributed by atoms with E-state index in [-0.39, 0.29) is 16.3 Å². The van der Waals surface area contributed by atoms with Gasteiger partial charge in [0.05, 0.1) is 15.5 Å². The molecule has 0 atom stereocenters. The van der Waals surface area contributed by atoms with Crippen molar-refractivity contribution in [2.45, 2.75) is 17.7 Å². The van der Waals surface area contributed by atoms with Crippen molar-refractivity contribution in [3.63, 3.8) is 0 Å². The summed E-state index contributed by atoms with van der Waals surface area (Å²) in [7, 11) is -4.05. The fourth-order valence-electron chi connectivity index (χ4n) is 3.13. The highest BCUT2D eigenvalue weighted by molar-refractivity contribution is 7.92. The van der Waals surface area contributed by atoms with Crippen molar-refractivity contribution in [3.05, 3.63) is 101 Å². The number of rotatable bonds is 10. The number of aryl methyl sites for hydroxylation is 1. The molecule has 1 amide bonds. The predicted octanol–water partition coefficient (Wildman–Crippen LogP) is 3.54. The smallest absolute Gasteiger partial charge is 0.269 e. The van der Waals surface area contributed by atoms with Crippen LogP contribution in [0.15, 0.2) is 89.8 Å². The normalized spacial score (nSPS) is 11.0. The first-order valence-corrected chi connectivity index (χ1v) is 11.4. The predicted molar refractivity (Wildman–Crippen MR) is 122 cm³/mol. The Hall–Kier alpha value is -3.72. The molecule has 0 unspecified atom stereocenters. The Kier molecular flexibility index (Phi) is 7.56. The molecular formula is C23H23N3O5S. The molecule has 3 aromatic carbocycles. The Bertz CT molecular complexity index is 1150. The molecule has 0 aliphatic rings. The van der Waals surface area contributed by atoms with Gasteiger partial charge in [-0.3, -0.25) is 19.2 Å². The number of anilines is 1. The minimum atomic E-state index is -4.05. The molecule has 0 heterocycles. The van der Waals surface area contributed by atoms with Crippen LogP contribution in [0.2, 0.25) is 0 Å². The number of nitrogens with one attached hydrogen (secondary N) is 1. The zero-order chi connectivity index (χ0) is 23.0. The number of carbonyl (C=O) groups excluding carboxylic acids is 1. The summed E-state index contributed by atoms with van der Waals surface area (Å²) >= 11 is 0. The van der Waals surface area contributed by atoms with E-state index in [1.165, 1.54) is 36.4 Å². The highest BCUT2D eigenvalue weighted by atomic mass is 32.2. The molecule has 0 aliphatic carbocycles. The van der Waals surface area contributed by atoms with Gasteiger partial charge in [0.1, 0.15) is 6.54 Å². The molecule has 3 aromatic rings. The van der Waals surface area contributed by atoms with Gasteiger partial charge in [-0.25, -0.2) is 8.42 Å². The summed E-state index contributed by atoms with van der Waals surface area (Å²) in [6.45, 7) is -0.0480. The highest BCUT2D eigenvalue weighted by Gasteiger charge is 2.27. The van der Waals surface area contributed by atoms with Gasteiger partial charge in [-0.2, -0.15) is 0 Å².